The highest BCUT2D eigenvalue weighted by Gasteiger charge is 2.18. The lowest BCUT2D eigenvalue weighted by atomic mass is 9.98. The van der Waals surface area contributed by atoms with Gasteiger partial charge in [-0.2, -0.15) is 0 Å². The van der Waals surface area contributed by atoms with Gasteiger partial charge >= 0.3 is 0 Å². The summed E-state index contributed by atoms with van der Waals surface area (Å²) in [5.41, 5.74) is 2.87. The summed E-state index contributed by atoms with van der Waals surface area (Å²) < 4.78 is 19.8. The monoisotopic (exact) mass is 354 g/mol. The van der Waals surface area contributed by atoms with Gasteiger partial charge in [-0.25, -0.2) is 4.39 Å². The number of halogens is 3. The second-order valence-corrected chi connectivity index (χ2v) is 6.14. The minimum absolute atomic E-state index is 0.282. The number of alkyl halides is 1. The van der Waals surface area contributed by atoms with Gasteiger partial charge in [-0.05, 0) is 53.8 Å². The summed E-state index contributed by atoms with van der Waals surface area (Å²) in [5, 5.41) is -0.382. The van der Waals surface area contributed by atoms with Crippen molar-refractivity contribution < 1.29 is 9.13 Å². The summed E-state index contributed by atoms with van der Waals surface area (Å²) >= 11 is 9.94. The predicted molar refractivity (Wildman–Crippen MR) is 82.1 cm³/mol. The summed E-state index contributed by atoms with van der Waals surface area (Å²) in [7, 11) is 0. The maximum atomic E-state index is 13.4. The van der Waals surface area contributed by atoms with Crippen LogP contribution in [0, 0.1) is 5.82 Å². The van der Waals surface area contributed by atoms with Gasteiger partial charge in [0.15, 0.2) is 0 Å². The van der Waals surface area contributed by atoms with E-state index in [1.165, 1.54) is 17.7 Å². The molecule has 1 unspecified atom stereocenters. The molecule has 20 heavy (non-hydrogen) atoms. The van der Waals surface area contributed by atoms with Crippen molar-refractivity contribution in [2.75, 3.05) is 6.61 Å². The Kier molecular flexibility index (Phi) is 3.99. The molecule has 104 valence electrons. The van der Waals surface area contributed by atoms with Crippen molar-refractivity contribution in [3.8, 4) is 5.75 Å². The third kappa shape index (κ3) is 2.70. The summed E-state index contributed by atoms with van der Waals surface area (Å²) in [5.74, 6) is 0.650. The molecule has 0 saturated heterocycles. The van der Waals surface area contributed by atoms with Crippen molar-refractivity contribution in [3.63, 3.8) is 0 Å². The number of hydrogen-bond donors (Lipinski definition) is 0. The van der Waals surface area contributed by atoms with Crippen molar-refractivity contribution in [1.29, 1.82) is 0 Å². The quantitative estimate of drug-likeness (QED) is 0.669. The minimum atomic E-state index is -0.382. The fraction of sp³-hybridized carbons (Fsp3) is 0.250. The predicted octanol–water partition coefficient (Wildman–Crippen LogP) is 5.24. The standard InChI is InChI=1S/C16H13BrClFO/c17-14-5-4-12(19)9-13(14)16(18)11-3-6-15-10(8-11)2-1-7-20-15/h3-6,8-9,16H,1-2,7H2. The largest absolute Gasteiger partial charge is 0.493 e. The second kappa shape index (κ2) is 5.74. The number of hydrogen-bond acceptors (Lipinski definition) is 1. The molecule has 0 bridgehead atoms. The third-order valence-electron chi connectivity index (χ3n) is 3.46. The van der Waals surface area contributed by atoms with Crippen molar-refractivity contribution in [2.45, 2.75) is 18.2 Å². The topological polar surface area (TPSA) is 9.23 Å². The van der Waals surface area contributed by atoms with Crippen LogP contribution in [0.25, 0.3) is 0 Å². The smallest absolute Gasteiger partial charge is 0.123 e. The number of aryl methyl sites for hydroxylation is 1. The molecule has 0 N–H and O–H groups in total. The normalized spacial score (nSPS) is 15.3. The van der Waals surface area contributed by atoms with Crippen molar-refractivity contribution in [3.05, 3.63) is 63.4 Å². The molecule has 0 aliphatic carbocycles. The van der Waals surface area contributed by atoms with Crippen LogP contribution in [0.2, 0.25) is 0 Å². The number of fused-ring (bicyclic) bond motifs is 1. The van der Waals surface area contributed by atoms with Gasteiger partial charge in [0, 0.05) is 4.47 Å². The average molecular weight is 356 g/mol. The zero-order valence-electron chi connectivity index (χ0n) is 10.7. The van der Waals surface area contributed by atoms with Gasteiger partial charge in [0.05, 0.1) is 12.0 Å². The SMILES string of the molecule is Fc1ccc(Br)c(C(Cl)c2ccc3c(c2)CCCO3)c1. The number of benzene rings is 2. The third-order valence-corrected chi connectivity index (χ3v) is 4.67. The number of ether oxygens (including phenoxy) is 1. The molecule has 2 aromatic carbocycles. The molecule has 1 nitrogen and oxygen atoms in total. The second-order valence-electron chi connectivity index (χ2n) is 4.85. The Labute approximate surface area is 130 Å². The van der Waals surface area contributed by atoms with Crippen molar-refractivity contribution in [1.82, 2.24) is 0 Å². The summed E-state index contributed by atoms with van der Waals surface area (Å²) in [4.78, 5) is 0. The van der Waals surface area contributed by atoms with Gasteiger partial charge < -0.3 is 4.74 Å². The zero-order valence-corrected chi connectivity index (χ0v) is 13.0. The lowest BCUT2D eigenvalue weighted by Gasteiger charge is -2.20. The molecule has 1 aliphatic heterocycles. The average Bonchev–Trinajstić information content (AvgIpc) is 2.48. The van der Waals surface area contributed by atoms with Crippen LogP contribution in [0.5, 0.6) is 5.75 Å². The van der Waals surface area contributed by atoms with E-state index in [0.29, 0.717) is 0 Å². The molecule has 1 aliphatic rings. The van der Waals surface area contributed by atoms with E-state index in [1.807, 2.05) is 12.1 Å². The van der Waals surface area contributed by atoms with Crippen LogP contribution >= 0.6 is 27.5 Å². The van der Waals surface area contributed by atoms with Crippen LogP contribution in [0.15, 0.2) is 40.9 Å². The Morgan fingerprint density at radius 3 is 2.90 bits per heavy atom. The number of rotatable bonds is 2. The Morgan fingerprint density at radius 2 is 2.05 bits per heavy atom. The Bertz CT molecular complexity index is 644. The first-order valence-corrected chi connectivity index (χ1v) is 7.73. The lowest BCUT2D eigenvalue weighted by molar-refractivity contribution is 0.288. The lowest BCUT2D eigenvalue weighted by Crippen LogP contribution is -2.09. The van der Waals surface area contributed by atoms with E-state index >= 15 is 0 Å². The van der Waals surface area contributed by atoms with Gasteiger partial charge in [-0.1, -0.05) is 28.1 Å². The van der Waals surface area contributed by atoms with E-state index in [2.05, 4.69) is 22.0 Å². The van der Waals surface area contributed by atoms with E-state index in [9.17, 15) is 4.39 Å². The molecule has 1 atom stereocenters. The van der Waals surface area contributed by atoms with Gasteiger partial charge in [-0.15, -0.1) is 11.6 Å². The molecule has 0 amide bonds. The highest BCUT2D eigenvalue weighted by Crippen LogP contribution is 2.36. The minimum Gasteiger partial charge on any atom is -0.493 e. The van der Waals surface area contributed by atoms with Gasteiger partial charge in [0.2, 0.25) is 0 Å². The summed E-state index contributed by atoms with van der Waals surface area (Å²) in [6.45, 7) is 0.770. The van der Waals surface area contributed by atoms with Crippen molar-refractivity contribution in [2.24, 2.45) is 0 Å². The highest BCUT2D eigenvalue weighted by molar-refractivity contribution is 9.10. The maximum Gasteiger partial charge on any atom is 0.123 e. The molecule has 0 radical (unpaired) electrons. The highest BCUT2D eigenvalue weighted by atomic mass is 79.9. The fourth-order valence-electron chi connectivity index (χ4n) is 2.43. The Balaban J connectivity index is 1.97. The van der Waals surface area contributed by atoms with E-state index in [-0.39, 0.29) is 11.2 Å². The van der Waals surface area contributed by atoms with Crippen LogP contribution in [0.3, 0.4) is 0 Å². The van der Waals surface area contributed by atoms with Crippen LogP contribution in [-0.4, -0.2) is 6.61 Å². The Morgan fingerprint density at radius 1 is 1.20 bits per heavy atom. The van der Waals surface area contributed by atoms with Gasteiger partial charge in [0.1, 0.15) is 11.6 Å². The first-order chi connectivity index (χ1) is 9.65. The molecule has 2 aromatic rings. The van der Waals surface area contributed by atoms with Crippen LogP contribution in [-0.2, 0) is 6.42 Å². The molecule has 0 aromatic heterocycles. The zero-order chi connectivity index (χ0) is 14.1. The van der Waals surface area contributed by atoms with Crippen molar-refractivity contribution >= 4 is 27.5 Å². The molecule has 1 heterocycles. The van der Waals surface area contributed by atoms with E-state index < -0.39 is 0 Å². The fourth-order valence-corrected chi connectivity index (χ4v) is 3.35. The first kappa shape index (κ1) is 13.9. The molecule has 0 spiro atoms. The van der Waals surface area contributed by atoms with Gasteiger partial charge in [0.25, 0.3) is 0 Å². The molecule has 3 rings (SSSR count). The summed E-state index contributed by atoms with van der Waals surface area (Å²) in [6, 6.07) is 10.5. The first-order valence-electron chi connectivity index (χ1n) is 6.50. The molecular formula is C16H13BrClFO. The van der Waals surface area contributed by atoms with Crippen LogP contribution in [0.4, 0.5) is 4.39 Å². The molecule has 0 fully saturated rings. The maximum absolute atomic E-state index is 13.4. The summed E-state index contributed by atoms with van der Waals surface area (Å²) in [6.07, 6.45) is 2.02. The van der Waals surface area contributed by atoms with E-state index in [0.717, 1.165) is 40.8 Å². The van der Waals surface area contributed by atoms with Crippen LogP contribution in [0.1, 0.15) is 28.5 Å². The van der Waals surface area contributed by atoms with Crippen LogP contribution < -0.4 is 4.74 Å². The molecular weight excluding hydrogens is 343 g/mol. The van der Waals surface area contributed by atoms with Gasteiger partial charge in [-0.3, -0.25) is 0 Å². The Hall–Kier alpha value is -1.06. The van der Waals surface area contributed by atoms with E-state index in [1.54, 1.807) is 6.07 Å². The molecule has 0 saturated carbocycles. The van der Waals surface area contributed by atoms with E-state index in [4.69, 9.17) is 16.3 Å². The molecule has 4 heteroatoms.